The summed E-state index contributed by atoms with van der Waals surface area (Å²) in [7, 11) is 0. The molecule has 1 aromatic carbocycles. The summed E-state index contributed by atoms with van der Waals surface area (Å²) in [5, 5.41) is 9.88. The van der Waals surface area contributed by atoms with Crippen LogP contribution < -0.4 is 10.6 Å². The maximum absolute atomic E-state index is 9.88. The van der Waals surface area contributed by atoms with Gasteiger partial charge >= 0.3 is 0 Å². The number of nitrogens with two attached hydrogens (primary N) is 1. The third kappa shape index (κ3) is 3.28. The van der Waals surface area contributed by atoms with Gasteiger partial charge in [-0.05, 0) is 26.0 Å². The summed E-state index contributed by atoms with van der Waals surface area (Å²) in [4.78, 5) is 8.91. The van der Waals surface area contributed by atoms with E-state index < -0.39 is 5.60 Å². The number of anilines is 2. The SMILES string of the molecule is CC(C)(O)CN1CCN(c2nc3ccc(N)cc3o2)CC1. The van der Waals surface area contributed by atoms with Crippen molar-refractivity contribution in [2.75, 3.05) is 43.4 Å². The van der Waals surface area contributed by atoms with Crippen LogP contribution in [0.2, 0.25) is 0 Å². The fourth-order valence-corrected chi connectivity index (χ4v) is 2.71. The zero-order valence-electron chi connectivity index (χ0n) is 12.5. The van der Waals surface area contributed by atoms with Crippen LogP contribution in [0.25, 0.3) is 11.1 Å². The van der Waals surface area contributed by atoms with Crippen LogP contribution in [0.15, 0.2) is 22.6 Å². The van der Waals surface area contributed by atoms with E-state index in [2.05, 4.69) is 14.8 Å². The van der Waals surface area contributed by atoms with Crippen molar-refractivity contribution in [1.29, 1.82) is 0 Å². The van der Waals surface area contributed by atoms with Crippen molar-refractivity contribution in [1.82, 2.24) is 9.88 Å². The molecule has 0 aliphatic carbocycles. The standard InChI is InChI=1S/C15H22N4O2/c1-15(2,20)10-18-5-7-19(8-6-18)14-17-12-4-3-11(16)9-13(12)21-14/h3-4,9,20H,5-8,10,16H2,1-2H3. The van der Waals surface area contributed by atoms with Crippen molar-refractivity contribution in [2.24, 2.45) is 0 Å². The third-order valence-electron chi connectivity index (χ3n) is 3.65. The van der Waals surface area contributed by atoms with Gasteiger partial charge in [0.15, 0.2) is 5.58 Å². The lowest BCUT2D eigenvalue weighted by Crippen LogP contribution is -2.50. The molecule has 0 amide bonds. The molecule has 1 fully saturated rings. The van der Waals surface area contributed by atoms with Gasteiger partial charge in [0.25, 0.3) is 6.01 Å². The zero-order chi connectivity index (χ0) is 15.0. The predicted molar refractivity (Wildman–Crippen MR) is 83.4 cm³/mol. The Labute approximate surface area is 124 Å². The number of hydrogen-bond acceptors (Lipinski definition) is 6. The molecular weight excluding hydrogens is 268 g/mol. The summed E-state index contributed by atoms with van der Waals surface area (Å²) in [5.41, 5.74) is 7.34. The van der Waals surface area contributed by atoms with Gasteiger partial charge in [-0.1, -0.05) is 0 Å². The lowest BCUT2D eigenvalue weighted by molar-refractivity contribution is 0.0342. The van der Waals surface area contributed by atoms with Gasteiger partial charge in [0.2, 0.25) is 0 Å². The maximum atomic E-state index is 9.88. The number of β-amino-alcohol motifs (C(OH)–C–C–N with tert-alkyl or cyclic N) is 1. The summed E-state index contributed by atoms with van der Waals surface area (Å²) >= 11 is 0. The van der Waals surface area contributed by atoms with Crippen LogP contribution in [0.4, 0.5) is 11.7 Å². The molecule has 0 saturated carbocycles. The Bertz CT molecular complexity index is 624. The molecule has 1 saturated heterocycles. The topological polar surface area (TPSA) is 78.8 Å². The van der Waals surface area contributed by atoms with Gasteiger partial charge in [0, 0.05) is 44.5 Å². The second kappa shape index (κ2) is 5.20. The molecule has 1 aliphatic rings. The summed E-state index contributed by atoms with van der Waals surface area (Å²) < 4.78 is 5.79. The maximum Gasteiger partial charge on any atom is 0.298 e. The van der Waals surface area contributed by atoms with Crippen LogP contribution in [-0.4, -0.2) is 53.3 Å². The minimum Gasteiger partial charge on any atom is -0.423 e. The first-order chi connectivity index (χ1) is 9.90. The Hall–Kier alpha value is -1.79. The number of benzene rings is 1. The second-order valence-corrected chi connectivity index (χ2v) is 6.30. The second-order valence-electron chi connectivity index (χ2n) is 6.30. The summed E-state index contributed by atoms with van der Waals surface area (Å²) in [6, 6.07) is 6.16. The normalized spacial score (nSPS) is 17.6. The van der Waals surface area contributed by atoms with Crippen molar-refractivity contribution in [2.45, 2.75) is 19.4 Å². The molecule has 6 heteroatoms. The summed E-state index contributed by atoms with van der Waals surface area (Å²) in [6.07, 6.45) is 0. The van der Waals surface area contributed by atoms with E-state index >= 15 is 0 Å². The van der Waals surface area contributed by atoms with Gasteiger partial charge in [-0.3, -0.25) is 4.90 Å². The number of aromatic nitrogens is 1. The number of piperazine rings is 1. The highest BCUT2D eigenvalue weighted by atomic mass is 16.4. The number of hydrogen-bond donors (Lipinski definition) is 2. The lowest BCUT2D eigenvalue weighted by atomic mass is 10.1. The Morgan fingerprint density at radius 2 is 2.00 bits per heavy atom. The van der Waals surface area contributed by atoms with Gasteiger partial charge in [-0.2, -0.15) is 4.98 Å². The number of fused-ring (bicyclic) bond motifs is 1. The molecule has 21 heavy (non-hydrogen) atoms. The molecule has 0 radical (unpaired) electrons. The van der Waals surface area contributed by atoms with E-state index in [1.807, 2.05) is 26.0 Å². The molecule has 3 rings (SSSR count). The highest BCUT2D eigenvalue weighted by Gasteiger charge is 2.24. The molecule has 0 unspecified atom stereocenters. The van der Waals surface area contributed by atoms with E-state index in [-0.39, 0.29) is 0 Å². The van der Waals surface area contributed by atoms with Crippen LogP contribution in [0.5, 0.6) is 0 Å². The van der Waals surface area contributed by atoms with Gasteiger partial charge in [-0.25, -0.2) is 0 Å². The Kier molecular flexibility index (Phi) is 3.51. The number of aliphatic hydroxyl groups is 1. The van der Waals surface area contributed by atoms with Gasteiger partial charge in [0.05, 0.1) is 5.60 Å². The molecule has 2 aromatic rings. The van der Waals surface area contributed by atoms with Gasteiger partial charge < -0.3 is 20.2 Å². The van der Waals surface area contributed by atoms with Crippen molar-refractivity contribution < 1.29 is 9.52 Å². The Balaban J connectivity index is 1.68. The van der Waals surface area contributed by atoms with Crippen LogP contribution in [0.3, 0.4) is 0 Å². The molecular formula is C15H22N4O2. The molecule has 0 spiro atoms. The van der Waals surface area contributed by atoms with E-state index in [4.69, 9.17) is 10.2 Å². The summed E-state index contributed by atoms with van der Waals surface area (Å²) in [5.74, 6) is 0. The van der Waals surface area contributed by atoms with E-state index in [0.717, 1.165) is 37.3 Å². The largest absolute Gasteiger partial charge is 0.423 e. The Morgan fingerprint density at radius 3 is 2.67 bits per heavy atom. The van der Waals surface area contributed by atoms with E-state index in [0.29, 0.717) is 18.2 Å². The molecule has 0 atom stereocenters. The molecule has 3 N–H and O–H groups in total. The minimum absolute atomic E-state index is 0.651. The molecule has 1 aromatic heterocycles. The monoisotopic (exact) mass is 290 g/mol. The molecule has 114 valence electrons. The smallest absolute Gasteiger partial charge is 0.298 e. The quantitative estimate of drug-likeness (QED) is 0.830. The average Bonchev–Trinajstić information content (AvgIpc) is 2.80. The van der Waals surface area contributed by atoms with Gasteiger partial charge in [-0.15, -0.1) is 0 Å². The van der Waals surface area contributed by atoms with Crippen LogP contribution >= 0.6 is 0 Å². The number of nitrogens with zero attached hydrogens (tertiary/aromatic N) is 3. The fraction of sp³-hybridized carbons (Fsp3) is 0.533. The highest BCUT2D eigenvalue weighted by molar-refractivity contribution is 5.78. The molecule has 2 heterocycles. The van der Waals surface area contributed by atoms with Crippen LogP contribution in [0, 0.1) is 0 Å². The van der Waals surface area contributed by atoms with E-state index in [9.17, 15) is 5.11 Å². The third-order valence-corrected chi connectivity index (χ3v) is 3.65. The highest BCUT2D eigenvalue weighted by Crippen LogP contribution is 2.24. The van der Waals surface area contributed by atoms with Crippen molar-refractivity contribution in [3.63, 3.8) is 0 Å². The first-order valence-electron chi connectivity index (χ1n) is 7.26. The van der Waals surface area contributed by atoms with Gasteiger partial charge in [0.1, 0.15) is 5.52 Å². The first-order valence-corrected chi connectivity index (χ1v) is 7.26. The fourth-order valence-electron chi connectivity index (χ4n) is 2.71. The zero-order valence-corrected chi connectivity index (χ0v) is 12.5. The van der Waals surface area contributed by atoms with Crippen molar-refractivity contribution >= 4 is 22.8 Å². The van der Waals surface area contributed by atoms with Crippen LogP contribution in [0.1, 0.15) is 13.8 Å². The van der Waals surface area contributed by atoms with Crippen LogP contribution in [-0.2, 0) is 0 Å². The van der Waals surface area contributed by atoms with Crippen molar-refractivity contribution in [3.8, 4) is 0 Å². The minimum atomic E-state index is -0.655. The van der Waals surface area contributed by atoms with E-state index in [1.54, 1.807) is 6.07 Å². The summed E-state index contributed by atoms with van der Waals surface area (Å²) in [6.45, 7) is 7.84. The first kappa shape index (κ1) is 14.2. The molecule has 0 bridgehead atoms. The molecule has 1 aliphatic heterocycles. The number of rotatable bonds is 3. The van der Waals surface area contributed by atoms with E-state index in [1.165, 1.54) is 0 Å². The number of oxazole rings is 1. The number of nitrogen functional groups attached to an aromatic ring is 1. The van der Waals surface area contributed by atoms with Crippen molar-refractivity contribution in [3.05, 3.63) is 18.2 Å². The molecule has 6 nitrogen and oxygen atoms in total. The lowest BCUT2D eigenvalue weighted by Gasteiger charge is -2.36. The predicted octanol–water partition coefficient (Wildman–Crippen LogP) is 1.30. The average molecular weight is 290 g/mol. The Morgan fingerprint density at radius 1 is 1.29 bits per heavy atom.